The van der Waals surface area contributed by atoms with Crippen LogP contribution in [0.4, 0.5) is 0 Å². The number of aliphatic hydroxyl groups is 1. The van der Waals surface area contributed by atoms with E-state index in [9.17, 15) is 19.5 Å². The van der Waals surface area contributed by atoms with Gasteiger partial charge in [0.1, 0.15) is 11.2 Å². The van der Waals surface area contributed by atoms with Crippen molar-refractivity contribution in [2.75, 3.05) is 6.61 Å². The zero-order valence-electron chi connectivity index (χ0n) is 14.6. The molecule has 0 aromatic rings. The number of hydrogen-bond acceptors (Lipinski definition) is 5. The molecule has 0 aromatic carbocycles. The fourth-order valence-corrected chi connectivity index (χ4v) is 6.73. The van der Waals surface area contributed by atoms with Crippen molar-refractivity contribution in [3.63, 3.8) is 0 Å². The summed E-state index contributed by atoms with van der Waals surface area (Å²) in [4.78, 5) is 39.6. The molecule has 0 radical (unpaired) electrons. The molecule has 4 aliphatic carbocycles. The van der Waals surface area contributed by atoms with E-state index in [1.165, 1.54) is 0 Å². The lowest BCUT2D eigenvalue weighted by atomic mass is 9.42. The monoisotopic (exact) mass is 342 g/mol. The van der Waals surface area contributed by atoms with Crippen molar-refractivity contribution in [2.45, 2.75) is 45.6 Å². The van der Waals surface area contributed by atoms with E-state index in [4.69, 9.17) is 4.74 Å². The van der Waals surface area contributed by atoms with Crippen molar-refractivity contribution >= 4 is 17.3 Å². The summed E-state index contributed by atoms with van der Waals surface area (Å²) in [5.41, 5.74) is -1.94. The fourth-order valence-electron chi connectivity index (χ4n) is 6.73. The topological polar surface area (TPSA) is 80.7 Å². The van der Waals surface area contributed by atoms with Crippen molar-refractivity contribution in [2.24, 2.45) is 28.1 Å². The highest BCUT2D eigenvalue weighted by atomic mass is 16.5. The van der Waals surface area contributed by atoms with E-state index in [0.717, 1.165) is 6.42 Å². The lowest BCUT2D eigenvalue weighted by Gasteiger charge is -2.63. The summed E-state index contributed by atoms with van der Waals surface area (Å²) < 4.78 is 6.01. The molecule has 25 heavy (non-hydrogen) atoms. The van der Waals surface area contributed by atoms with Crippen molar-refractivity contribution in [1.82, 2.24) is 0 Å². The second kappa shape index (κ2) is 4.14. The van der Waals surface area contributed by atoms with Gasteiger partial charge >= 0.3 is 0 Å². The number of fused-ring (bicyclic) bond motifs is 3. The molecule has 6 aliphatic rings. The summed E-state index contributed by atoms with van der Waals surface area (Å²) in [5.74, 6) is -1.52. The number of Topliss-reactive ketones (excluding diaryl/α,β-unsaturated/α-hetero) is 3. The van der Waals surface area contributed by atoms with Gasteiger partial charge in [0.2, 0.25) is 5.78 Å². The molecule has 0 unspecified atom stereocenters. The molecule has 5 fully saturated rings. The van der Waals surface area contributed by atoms with E-state index in [2.05, 4.69) is 6.58 Å². The van der Waals surface area contributed by atoms with E-state index < -0.39 is 27.9 Å². The Hall–Kier alpha value is -1.75. The maximum absolute atomic E-state index is 13.3. The van der Waals surface area contributed by atoms with Crippen LogP contribution >= 0.6 is 0 Å². The molecule has 5 heteroatoms. The van der Waals surface area contributed by atoms with E-state index in [0.29, 0.717) is 24.0 Å². The number of allylic oxidation sites excluding steroid dienone is 2. The van der Waals surface area contributed by atoms with Gasteiger partial charge < -0.3 is 9.84 Å². The van der Waals surface area contributed by atoms with Gasteiger partial charge in [-0.2, -0.15) is 0 Å². The molecule has 3 saturated carbocycles. The Morgan fingerprint density at radius 1 is 1.12 bits per heavy atom. The van der Waals surface area contributed by atoms with E-state index in [-0.39, 0.29) is 42.4 Å². The third kappa shape index (κ3) is 1.35. The van der Waals surface area contributed by atoms with Crippen molar-refractivity contribution in [3.05, 3.63) is 23.5 Å². The van der Waals surface area contributed by atoms with Gasteiger partial charge in [-0.05, 0) is 42.2 Å². The first-order valence-electron chi connectivity index (χ1n) is 9.06. The predicted molar refractivity (Wildman–Crippen MR) is 87.7 cm³/mol. The Balaban J connectivity index is 1.86. The molecule has 5 atom stereocenters. The van der Waals surface area contributed by atoms with Gasteiger partial charge in [0.25, 0.3) is 0 Å². The van der Waals surface area contributed by atoms with E-state index in [1.807, 2.05) is 13.8 Å². The Bertz CT molecular complexity index is 818. The third-order valence-electron chi connectivity index (χ3n) is 7.88. The molecule has 5 nitrogen and oxygen atoms in total. The molecule has 4 bridgehead atoms. The maximum Gasteiger partial charge on any atom is 0.211 e. The van der Waals surface area contributed by atoms with Gasteiger partial charge in [0.05, 0.1) is 18.1 Å². The quantitative estimate of drug-likeness (QED) is 0.540. The van der Waals surface area contributed by atoms with Crippen LogP contribution in [0.15, 0.2) is 23.5 Å². The predicted octanol–water partition coefficient (Wildman–Crippen LogP) is 2.31. The van der Waals surface area contributed by atoms with Crippen molar-refractivity contribution in [3.8, 4) is 0 Å². The molecular formula is C20H22O5. The fraction of sp³-hybridized carbons (Fsp3) is 0.650. The second-order valence-electron chi connectivity index (χ2n) is 9.03. The minimum atomic E-state index is -1.31. The largest absolute Gasteiger partial charge is 0.504 e. The van der Waals surface area contributed by atoms with Crippen molar-refractivity contribution < 1.29 is 24.2 Å². The SMILES string of the molecule is C=C1C(=O)[C@]23C[C@H]1CC[C@H]2[C@]12CO[C@H](CC1=O)C(C)(C)C2=C(O)C3=O. The Labute approximate surface area is 146 Å². The molecule has 2 aliphatic heterocycles. The molecule has 1 N–H and O–H groups in total. The molecule has 0 amide bonds. The van der Waals surface area contributed by atoms with Gasteiger partial charge in [-0.25, -0.2) is 0 Å². The first kappa shape index (κ1) is 15.5. The Kier molecular flexibility index (Phi) is 2.57. The lowest BCUT2D eigenvalue weighted by molar-refractivity contribution is -0.194. The summed E-state index contributed by atoms with van der Waals surface area (Å²) in [6.45, 7) is 7.94. The number of carbonyl (C=O) groups excluding carboxylic acids is 3. The number of hydrogen-bond donors (Lipinski definition) is 1. The van der Waals surface area contributed by atoms with Crippen LogP contribution in [0.2, 0.25) is 0 Å². The summed E-state index contributed by atoms with van der Waals surface area (Å²) in [7, 11) is 0. The number of carbonyl (C=O) groups is 3. The van der Waals surface area contributed by atoms with Crippen LogP contribution in [0.5, 0.6) is 0 Å². The molecule has 0 aromatic heterocycles. The van der Waals surface area contributed by atoms with E-state index in [1.54, 1.807) is 0 Å². The second-order valence-corrected chi connectivity index (χ2v) is 9.03. The van der Waals surface area contributed by atoms with Crippen LogP contribution in [-0.4, -0.2) is 35.2 Å². The number of rotatable bonds is 0. The summed E-state index contributed by atoms with van der Waals surface area (Å²) in [6.07, 6.45) is 1.71. The molecular weight excluding hydrogens is 320 g/mol. The average Bonchev–Trinajstić information content (AvgIpc) is 2.76. The molecule has 2 heterocycles. The average molecular weight is 342 g/mol. The summed E-state index contributed by atoms with van der Waals surface area (Å²) in [5, 5.41) is 10.9. The van der Waals surface area contributed by atoms with Crippen LogP contribution in [0.25, 0.3) is 0 Å². The molecule has 2 spiro atoms. The van der Waals surface area contributed by atoms with Crippen LogP contribution in [0, 0.1) is 28.1 Å². The summed E-state index contributed by atoms with van der Waals surface area (Å²) >= 11 is 0. The van der Waals surface area contributed by atoms with Crippen LogP contribution in [0.1, 0.15) is 39.5 Å². The van der Waals surface area contributed by atoms with Crippen LogP contribution < -0.4 is 0 Å². The smallest absolute Gasteiger partial charge is 0.211 e. The summed E-state index contributed by atoms with van der Waals surface area (Å²) in [6, 6.07) is 0. The van der Waals surface area contributed by atoms with Crippen molar-refractivity contribution in [1.29, 1.82) is 0 Å². The van der Waals surface area contributed by atoms with Gasteiger partial charge in [0.15, 0.2) is 11.5 Å². The Morgan fingerprint density at radius 2 is 1.84 bits per heavy atom. The zero-order chi connectivity index (χ0) is 17.9. The first-order valence-corrected chi connectivity index (χ1v) is 9.06. The van der Waals surface area contributed by atoms with Gasteiger partial charge in [0, 0.05) is 11.8 Å². The van der Waals surface area contributed by atoms with Crippen LogP contribution in [0.3, 0.4) is 0 Å². The lowest BCUT2D eigenvalue weighted by Crippen LogP contribution is -2.69. The first-order chi connectivity index (χ1) is 11.7. The molecule has 132 valence electrons. The highest BCUT2D eigenvalue weighted by molar-refractivity contribution is 6.23. The van der Waals surface area contributed by atoms with Gasteiger partial charge in [-0.15, -0.1) is 0 Å². The highest BCUT2D eigenvalue weighted by Crippen LogP contribution is 2.70. The number of ether oxygens (including phenoxy) is 1. The highest BCUT2D eigenvalue weighted by Gasteiger charge is 2.76. The normalized spacial score (nSPS) is 47.2. The molecule has 2 saturated heterocycles. The number of aliphatic hydroxyl groups excluding tert-OH is 1. The standard InChI is InChI=1S/C20H22O5/c1-9-10-4-5-11-19(7-10,16(9)23)17(24)14(22)15-18(2,3)13-6-12(21)20(11,15)8-25-13/h10-11,13,22H,1,4-8H2,2-3H3/t10-,11-,13-,19+,20-/m1/s1. The van der Waals surface area contributed by atoms with Gasteiger partial charge in [-0.1, -0.05) is 20.4 Å². The Morgan fingerprint density at radius 3 is 2.52 bits per heavy atom. The maximum atomic E-state index is 13.3. The number of ketones is 3. The zero-order valence-corrected chi connectivity index (χ0v) is 14.6. The molecule has 6 rings (SSSR count). The minimum Gasteiger partial charge on any atom is -0.504 e. The van der Waals surface area contributed by atoms with Crippen LogP contribution in [-0.2, 0) is 19.1 Å². The third-order valence-corrected chi connectivity index (χ3v) is 7.88. The van der Waals surface area contributed by atoms with Gasteiger partial charge in [-0.3, -0.25) is 14.4 Å². The van der Waals surface area contributed by atoms with E-state index >= 15 is 0 Å². The minimum absolute atomic E-state index is 0.0117.